The minimum absolute atomic E-state index is 0.136. The van der Waals surface area contributed by atoms with Gasteiger partial charge in [-0.2, -0.15) is 0 Å². The van der Waals surface area contributed by atoms with Crippen molar-refractivity contribution in [2.45, 2.75) is 114 Å². The molecule has 8 heteroatoms. The molecule has 3 rings (SSSR count). The molecule has 0 aromatic rings. The summed E-state index contributed by atoms with van der Waals surface area (Å²) in [5.41, 5.74) is 0. The maximum absolute atomic E-state index is 12.3. The van der Waals surface area contributed by atoms with E-state index in [1.54, 1.807) is 7.11 Å². The standard InChI is InChI=1S/C26H49N5O3/c1-19-13-15-30(17-25(27)33-3)23-11-7-5-9-21(23)28-20(2)14-16-31(18-26(32)34-4)24-12-8-6-10-22(24)29-19/h19-24,27-29H,5-18H2,1-4H3/t19-,20+,21?,22?,23?,24?/m1/s1. The van der Waals surface area contributed by atoms with E-state index in [1.165, 1.54) is 45.6 Å². The zero-order chi connectivity index (χ0) is 24.5. The molecule has 3 aliphatic rings. The Kier molecular flexibility index (Phi) is 11.1. The molecule has 0 radical (unpaired) electrons. The number of esters is 1. The normalized spacial score (nSPS) is 34.8. The number of nitrogens with one attached hydrogen (secondary N) is 3. The third kappa shape index (κ3) is 7.90. The molecule has 2 aliphatic carbocycles. The van der Waals surface area contributed by atoms with Crippen molar-refractivity contribution in [2.75, 3.05) is 40.4 Å². The van der Waals surface area contributed by atoms with Crippen LogP contribution >= 0.6 is 0 Å². The number of hydrogen-bond donors (Lipinski definition) is 3. The lowest BCUT2D eigenvalue weighted by Gasteiger charge is -2.44. The van der Waals surface area contributed by atoms with E-state index in [2.05, 4.69) is 34.3 Å². The van der Waals surface area contributed by atoms with Crippen molar-refractivity contribution >= 4 is 11.9 Å². The predicted molar refractivity (Wildman–Crippen MR) is 136 cm³/mol. The first-order valence-electron chi connectivity index (χ1n) is 13.6. The summed E-state index contributed by atoms with van der Waals surface area (Å²) in [6, 6.07) is 2.36. The number of methoxy groups -OCH3 is 2. The average molecular weight is 480 g/mol. The van der Waals surface area contributed by atoms with Crippen LogP contribution in [0.4, 0.5) is 0 Å². The van der Waals surface area contributed by atoms with Crippen LogP contribution in [0.25, 0.3) is 0 Å². The number of fused-ring (bicyclic) bond motifs is 2. The first-order chi connectivity index (χ1) is 16.4. The highest BCUT2D eigenvalue weighted by molar-refractivity contribution is 5.74. The Hall–Kier alpha value is -1.22. The largest absolute Gasteiger partial charge is 0.484 e. The molecule has 0 aromatic heterocycles. The zero-order valence-corrected chi connectivity index (χ0v) is 22.0. The van der Waals surface area contributed by atoms with E-state index >= 15 is 0 Å². The molecule has 4 unspecified atom stereocenters. The van der Waals surface area contributed by atoms with E-state index in [4.69, 9.17) is 14.9 Å². The van der Waals surface area contributed by atoms with Gasteiger partial charge in [0, 0.05) is 49.3 Å². The minimum atomic E-state index is -0.136. The van der Waals surface area contributed by atoms with Gasteiger partial charge in [-0.15, -0.1) is 0 Å². The highest BCUT2D eigenvalue weighted by Crippen LogP contribution is 2.27. The Morgan fingerprint density at radius 2 is 1.24 bits per heavy atom. The van der Waals surface area contributed by atoms with Gasteiger partial charge in [-0.1, -0.05) is 25.7 Å². The number of ether oxygens (including phenoxy) is 2. The van der Waals surface area contributed by atoms with Gasteiger partial charge in [0.15, 0.2) is 5.90 Å². The van der Waals surface area contributed by atoms with Crippen molar-refractivity contribution in [3.63, 3.8) is 0 Å². The highest BCUT2D eigenvalue weighted by atomic mass is 16.5. The molecule has 0 aromatic carbocycles. The molecule has 8 nitrogen and oxygen atoms in total. The Morgan fingerprint density at radius 3 is 1.71 bits per heavy atom. The van der Waals surface area contributed by atoms with E-state index in [0.29, 0.717) is 55.2 Å². The lowest BCUT2D eigenvalue weighted by atomic mass is 9.87. The Labute approximate surface area is 207 Å². The third-order valence-corrected chi connectivity index (χ3v) is 8.25. The zero-order valence-electron chi connectivity index (χ0n) is 22.0. The van der Waals surface area contributed by atoms with Gasteiger partial charge in [-0.3, -0.25) is 20.0 Å². The molecule has 3 fully saturated rings. The number of hydrogen-bond acceptors (Lipinski definition) is 8. The third-order valence-electron chi connectivity index (χ3n) is 8.25. The second-order valence-electron chi connectivity index (χ2n) is 10.8. The molecule has 0 spiro atoms. The number of nitrogens with zero attached hydrogens (tertiary/aromatic N) is 2. The van der Waals surface area contributed by atoms with E-state index in [1.807, 2.05) is 0 Å². The molecule has 0 bridgehead atoms. The summed E-state index contributed by atoms with van der Waals surface area (Å²) < 4.78 is 10.3. The summed E-state index contributed by atoms with van der Waals surface area (Å²) in [4.78, 5) is 17.2. The Bertz CT molecular complexity index is 594. The summed E-state index contributed by atoms with van der Waals surface area (Å²) in [6.45, 7) is 7.39. The van der Waals surface area contributed by atoms with E-state index in [9.17, 15) is 4.79 Å². The van der Waals surface area contributed by atoms with Gasteiger partial charge >= 0.3 is 5.97 Å². The molecule has 196 valence electrons. The van der Waals surface area contributed by atoms with Crippen LogP contribution in [0.3, 0.4) is 0 Å². The molecule has 1 saturated heterocycles. The highest BCUT2D eigenvalue weighted by Gasteiger charge is 2.35. The molecular weight excluding hydrogens is 430 g/mol. The molecule has 1 heterocycles. The fourth-order valence-electron chi connectivity index (χ4n) is 6.31. The lowest BCUT2D eigenvalue weighted by Crippen LogP contribution is -2.58. The Morgan fingerprint density at radius 1 is 0.765 bits per heavy atom. The van der Waals surface area contributed by atoms with Crippen LogP contribution in [0, 0.1) is 5.41 Å². The molecule has 0 amide bonds. The molecule has 34 heavy (non-hydrogen) atoms. The lowest BCUT2D eigenvalue weighted by molar-refractivity contribution is -0.143. The average Bonchev–Trinajstić information content (AvgIpc) is 2.84. The Balaban J connectivity index is 1.81. The summed E-state index contributed by atoms with van der Waals surface area (Å²) in [5, 5.41) is 16.1. The molecule has 3 N–H and O–H groups in total. The SMILES string of the molecule is COC(=N)CN1CC[C@@H](C)NC2CCCCC2N(CC(=O)OC)CC[C@H](C)NC2CCCCC21. The topological polar surface area (TPSA) is 89.9 Å². The second kappa shape index (κ2) is 13.8. The van der Waals surface area contributed by atoms with Crippen LogP contribution in [-0.4, -0.2) is 98.3 Å². The summed E-state index contributed by atoms with van der Waals surface area (Å²) in [5.74, 6) is 0.215. The quantitative estimate of drug-likeness (QED) is 0.324. The fourth-order valence-corrected chi connectivity index (χ4v) is 6.31. The van der Waals surface area contributed by atoms with Gasteiger partial charge in [0.25, 0.3) is 0 Å². The van der Waals surface area contributed by atoms with E-state index < -0.39 is 0 Å². The summed E-state index contributed by atoms with van der Waals surface area (Å²) in [7, 11) is 3.10. The molecule has 6 atom stereocenters. The smallest absolute Gasteiger partial charge is 0.319 e. The second-order valence-corrected chi connectivity index (χ2v) is 10.8. The molecular formula is C26H49N5O3. The fraction of sp³-hybridized carbons (Fsp3) is 0.923. The van der Waals surface area contributed by atoms with Crippen LogP contribution in [0.15, 0.2) is 0 Å². The predicted octanol–water partition coefficient (Wildman–Crippen LogP) is 2.76. The van der Waals surface area contributed by atoms with Crippen LogP contribution in [-0.2, 0) is 14.3 Å². The first-order valence-corrected chi connectivity index (χ1v) is 13.6. The van der Waals surface area contributed by atoms with Gasteiger partial charge < -0.3 is 20.1 Å². The van der Waals surface area contributed by atoms with Gasteiger partial charge in [-0.05, 0) is 52.4 Å². The van der Waals surface area contributed by atoms with Crippen molar-refractivity contribution in [3.05, 3.63) is 0 Å². The van der Waals surface area contributed by atoms with Gasteiger partial charge in [-0.25, -0.2) is 0 Å². The number of carbonyl (C=O) groups excluding carboxylic acids is 1. The van der Waals surface area contributed by atoms with Crippen molar-refractivity contribution in [1.82, 2.24) is 20.4 Å². The molecule has 2 saturated carbocycles. The summed E-state index contributed by atoms with van der Waals surface area (Å²) >= 11 is 0. The van der Waals surface area contributed by atoms with Gasteiger partial charge in [0.2, 0.25) is 0 Å². The number of rotatable bonds is 4. The van der Waals surface area contributed by atoms with Crippen molar-refractivity contribution < 1.29 is 14.3 Å². The van der Waals surface area contributed by atoms with Crippen molar-refractivity contribution in [1.29, 1.82) is 5.41 Å². The van der Waals surface area contributed by atoms with Gasteiger partial charge in [0.1, 0.15) is 0 Å². The van der Waals surface area contributed by atoms with Crippen LogP contribution in [0.2, 0.25) is 0 Å². The number of carbonyl (C=O) groups is 1. The van der Waals surface area contributed by atoms with Crippen LogP contribution < -0.4 is 10.6 Å². The van der Waals surface area contributed by atoms with Crippen LogP contribution in [0.1, 0.15) is 78.1 Å². The van der Waals surface area contributed by atoms with E-state index in [0.717, 1.165) is 38.8 Å². The first kappa shape index (κ1) is 27.4. The maximum Gasteiger partial charge on any atom is 0.319 e. The maximum atomic E-state index is 12.3. The van der Waals surface area contributed by atoms with Gasteiger partial charge in [0.05, 0.1) is 27.3 Å². The monoisotopic (exact) mass is 479 g/mol. The van der Waals surface area contributed by atoms with Crippen LogP contribution in [0.5, 0.6) is 0 Å². The van der Waals surface area contributed by atoms with E-state index in [-0.39, 0.29) is 5.97 Å². The van der Waals surface area contributed by atoms with Crippen molar-refractivity contribution in [3.8, 4) is 0 Å². The minimum Gasteiger partial charge on any atom is -0.484 e. The summed E-state index contributed by atoms with van der Waals surface area (Å²) in [6.07, 6.45) is 11.6. The molecule has 1 aliphatic heterocycles. The van der Waals surface area contributed by atoms with Crippen molar-refractivity contribution in [2.24, 2.45) is 0 Å².